The van der Waals surface area contributed by atoms with Gasteiger partial charge < -0.3 is 10.5 Å². The summed E-state index contributed by atoms with van der Waals surface area (Å²) in [4.78, 5) is 0. The molecule has 0 saturated heterocycles. The van der Waals surface area contributed by atoms with Crippen LogP contribution in [0.25, 0.3) is 0 Å². The van der Waals surface area contributed by atoms with Gasteiger partial charge in [-0.3, -0.25) is 4.68 Å². The first-order valence-electron chi connectivity index (χ1n) is 5.49. The number of ether oxygens (including phenoxy) is 1. The Morgan fingerprint density at radius 1 is 1.35 bits per heavy atom. The van der Waals surface area contributed by atoms with Crippen molar-refractivity contribution in [1.29, 1.82) is 0 Å². The second kappa shape index (κ2) is 5.56. The molecule has 0 aliphatic carbocycles. The van der Waals surface area contributed by atoms with Gasteiger partial charge >= 0.3 is 0 Å². The van der Waals surface area contributed by atoms with Crippen LogP contribution in [0.3, 0.4) is 0 Å². The van der Waals surface area contributed by atoms with E-state index in [1.54, 1.807) is 10.9 Å². The molecular formula is C12H16N4O. The maximum atomic E-state index is 5.93. The minimum absolute atomic E-state index is 0.229. The molecular weight excluding hydrogens is 216 g/mol. The van der Waals surface area contributed by atoms with Crippen LogP contribution in [0, 0.1) is 0 Å². The van der Waals surface area contributed by atoms with Gasteiger partial charge in [0.25, 0.3) is 0 Å². The van der Waals surface area contributed by atoms with E-state index in [0.29, 0.717) is 13.2 Å². The molecule has 2 aromatic rings. The summed E-state index contributed by atoms with van der Waals surface area (Å²) in [6, 6.07) is 9.77. The third-order valence-corrected chi connectivity index (χ3v) is 2.41. The SMILES string of the molecule is Cn1cc(C(N)COCc2ccccc2)nn1. The summed E-state index contributed by atoms with van der Waals surface area (Å²) in [5.41, 5.74) is 7.82. The highest BCUT2D eigenvalue weighted by Crippen LogP contribution is 2.07. The number of nitrogens with zero attached hydrogens (tertiary/aromatic N) is 3. The normalized spacial score (nSPS) is 12.6. The summed E-state index contributed by atoms with van der Waals surface area (Å²) >= 11 is 0. The number of nitrogens with two attached hydrogens (primary N) is 1. The summed E-state index contributed by atoms with van der Waals surface area (Å²) in [5, 5.41) is 7.78. The highest BCUT2D eigenvalue weighted by atomic mass is 16.5. The van der Waals surface area contributed by atoms with E-state index in [0.717, 1.165) is 11.3 Å². The molecule has 1 aromatic carbocycles. The zero-order valence-electron chi connectivity index (χ0n) is 9.78. The van der Waals surface area contributed by atoms with Gasteiger partial charge in [0.1, 0.15) is 5.69 Å². The van der Waals surface area contributed by atoms with E-state index in [-0.39, 0.29) is 6.04 Å². The van der Waals surface area contributed by atoms with E-state index < -0.39 is 0 Å². The van der Waals surface area contributed by atoms with Crippen molar-refractivity contribution >= 4 is 0 Å². The average Bonchev–Trinajstić information content (AvgIpc) is 2.77. The van der Waals surface area contributed by atoms with Gasteiger partial charge in [0, 0.05) is 13.2 Å². The molecule has 0 aliphatic heterocycles. The van der Waals surface area contributed by atoms with Gasteiger partial charge in [-0.15, -0.1) is 5.10 Å². The third-order valence-electron chi connectivity index (χ3n) is 2.41. The number of aryl methyl sites for hydroxylation is 1. The van der Waals surface area contributed by atoms with Crippen LogP contribution < -0.4 is 5.73 Å². The summed E-state index contributed by atoms with van der Waals surface area (Å²) in [6.45, 7) is 1.00. The molecule has 1 aromatic heterocycles. The summed E-state index contributed by atoms with van der Waals surface area (Å²) in [7, 11) is 1.81. The van der Waals surface area contributed by atoms with Gasteiger partial charge in [0.2, 0.25) is 0 Å². The summed E-state index contributed by atoms with van der Waals surface area (Å²) < 4.78 is 7.17. The Balaban J connectivity index is 1.79. The van der Waals surface area contributed by atoms with Crippen molar-refractivity contribution in [2.45, 2.75) is 12.6 Å². The summed E-state index contributed by atoms with van der Waals surface area (Å²) in [6.07, 6.45) is 1.80. The van der Waals surface area contributed by atoms with Gasteiger partial charge in [-0.1, -0.05) is 35.5 Å². The fourth-order valence-electron chi connectivity index (χ4n) is 1.50. The molecule has 0 bridgehead atoms. The topological polar surface area (TPSA) is 66.0 Å². The highest BCUT2D eigenvalue weighted by molar-refractivity contribution is 5.13. The van der Waals surface area contributed by atoms with Crippen molar-refractivity contribution in [3.8, 4) is 0 Å². The second-order valence-electron chi connectivity index (χ2n) is 3.92. The Kier molecular flexibility index (Phi) is 3.85. The molecule has 90 valence electrons. The number of hydrogen-bond acceptors (Lipinski definition) is 4. The number of rotatable bonds is 5. The largest absolute Gasteiger partial charge is 0.375 e. The van der Waals surface area contributed by atoms with Gasteiger partial charge in [-0.2, -0.15) is 0 Å². The molecule has 0 aliphatic rings. The van der Waals surface area contributed by atoms with E-state index in [4.69, 9.17) is 10.5 Å². The quantitative estimate of drug-likeness (QED) is 0.836. The minimum atomic E-state index is -0.229. The van der Waals surface area contributed by atoms with Crippen LogP contribution in [0.1, 0.15) is 17.3 Å². The molecule has 0 radical (unpaired) electrons. The fraction of sp³-hybridized carbons (Fsp3) is 0.333. The first-order valence-corrected chi connectivity index (χ1v) is 5.49. The van der Waals surface area contributed by atoms with Crippen LogP contribution in [0.4, 0.5) is 0 Å². The van der Waals surface area contributed by atoms with Crippen LogP contribution in [0.15, 0.2) is 36.5 Å². The molecule has 0 saturated carbocycles. The van der Waals surface area contributed by atoms with Crippen molar-refractivity contribution in [3.63, 3.8) is 0 Å². The number of hydrogen-bond donors (Lipinski definition) is 1. The minimum Gasteiger partial charge on any atom is -0.375 e. The molecule has 5 heteroatoms. The Morgan fingerprint density at radius 3 is 2.76 bits per heavy atom. The van der Waals surface area contributed by atoms with Gasteiger partial charge in [0.15, 0.2) is 0 Å². The smallest absolute Gasteiger partial charge is 0.102 e. The zero-order chi connectivity index (χ0) is 12.1. The molecule has 1 unspecified atom stereocenters. The Morgan fingerprint density at radius 2 is 2.12 bits per heavy atom. The van der Waals surface area contributed by atoms with Crippen LogP contribution in [0.5, 0.6) is 0 Å². The van der Waals surface area contributed by atoms with Crippen molar-refractivity contribution in [2.75, 3.05) is 6.61 Å². The molecule has 1 heterocycles. The van der Waals surface area contributed by atoms with E-state index in [2.05, 4.69) is 10.3 Å². The molecule has 5 nitrogen and oxygen atoms in total. The molecule has 0 amide bonds. The Bertz CT molecular complexity index is 455. The average molecular weight is 232 g/mol. The number of benzene rings is 1. The van der Waals surface area contributed by atoms with Crippen molar-refractivity contribution in [3.05, 3.63) is 47.8 Å². The molecule has 0 spiro atoms. The van der Waals surface area contributed by atoms with Gasteiger partial charge in [0.05, 0.1) is 19.3 Å². The standard InChI is InChI=1S/C12H16N4O/c1-16-7-12(14-15-16)11(13)9-17-8-10-5-3-2-4-6-10/h2-7,11H,8-9,13H2,1H3. The van der Waals surface area contributed by atoms with Crippen molar-refractivity contribution in [1.82, 2.24) is 15.0 Å². The predicted octanol–water partition coefficient (Wildman–Crippen LogP) is 1.03. The van der Waals surface area contributed by atoms with Crippen LogP contribution >= 0.6 is 0 Å². The molecule has 17 heavy (non-hydrogen) atoms. The lowest BCUT2D eigenvalue weighted by Crippen LogP contribution is -2.17. The predicted molar refractivity (Wildman–Crippen MR) is 64.0 cm³/mol. The monoisotopic (exact) mass is 232 g/mol. The fourth-order valence-corrected chi connectivity index (χ4v) is 1.50. The lowest BCUT2D eigenvalue weighted by atomic mass is 10.2. The van der Waals surface area contributed by atoms with Crippen molar-refractivity contribution < 1.29 is 4.74 Å². The van der Waals surface area contributed by atoms with Crippen molar-refractivity contribution in [2.24, 2.45) is 12.8 Å². The van der Waals surface area contributed by atoms with Gasteiger partial charge in [-0.25, -0.2) is 0 Å². The first kappa shape index (κ1) is 11.8. The van der Waals surface area contributed by atoms with E-state index in [1.165, 1.54) is 0 Å². The van der Waals surface area contributed by atoms with Gasteiger partial charge in [-0.05, 0) is 5.56 Å². The van der Waals surface area contributed by atoms with E-state index >= 15 is 0 Å². The maximum absolute atomic E-state index is 5.93. The molecule has 2 N–H and O–H groups in total. The second-order valence-corrected chi connectivity index (χ2v) is 3.92. The van der Waals surface area contributed by atoms with E-state index in [9.17, 15) is 0 Å². The number of aromatic nitrogens is 3. The Labute approximate surface area is 100 Å². The van der Waals surface area contributed by atoms with E-state index in [1.807, 2.05) is 37.4 Å². The third kappa shape index (κ3) is 3.37. The first-order chi connectivity index (χ1) is 8.25. The molecule has 0 fully saturated rings. The van der Waals surface area contributed by atoms with Crippen LogP contribution in [-0.2, 0) is 18.4 Å². The lowest BCUT2D eigenvalue weighted by molar-refractivity contribution is 0.107. The lowest BCUT2D eigenvalue weighted by Gasteiger charge is -2.09. The Hall–Kier alpha value is -1.72. The summed E-state index contributed by atoms with van der Waals surface area (Å²) in [5.74, 6) is 0. The highest BCUT2D eigenvalue weighted by Gasteiger charge is 2.09. The zero-order valence-corrected chi connectivity index (χ0v) is 9.78. The maximum Gasteiger partial charge on any atom is 0.102 e. The molecule has 2 rings (SSSR count). The van der Waals surface area contributed by atoms with Crippen LogP contribution in [0.2, 0.25) is 0 Å². The molecule has 1 atom stereocenters. The van der Waals surface area contributed by atoms with Crippen LogP contribution in [-0.4, -0.2) is 21.6 Å².